The molecule has 2 amide bonds. The van der Waals surface area contributed by atoms with Crippen LogP contribution in [-0.4, -0.2) is 53.9 Å². The fourth-order valence-corrected chi connectivity index (χ4v) is 4.56. The van der Waals surface area contributed by atoms with Gasteiger partial charge < -0.3 is 19.5 Å². The van der Waals surface area contributed by atoms with E-state index in [9.17, 15) is 22.8 Å². The Balaban J connectivity index is 1.24. The number of furan rings is 1. The Morgan fingerprint density at radius 3 is 2.39 bits per heavy atom. The highest BCUT2D eigenvalue weighted by Crippen LogP contribution is 2.34. The molecule has 2 saturated heterocycles. The minimum Gasteiger partial charge on any atom is -0.459 e. The lowest BCUT2D eigenvalue weighted by Gasteiger charge is -2.35. The van der Waals surface area contributed by atoms with Gasteiger partial charge in [0.1, 0.15) is 5.82 Å². The summed E-state index contributed by atoms with van der Waals surface area (Å²) in [4.78, 5) is 32.5. The first-order valence-electron chi connectivity index (χ1n) is 10.8. The summed E-state index contributed by atoms with van der Waals surface area (Å²) in [6, 6.07) is 4.19. The molecular formula is C22H24ClF3N4O3. The van der Waals surface area contributed by atoms with Crippen LogP contribution in [0.1, 0.15) is 41.8 Å². The minimum atomic E-state index is -4.50. The van der Waals surface area contributed by atoms with Crippen LogP contribution >= 0.6 is 11.6 Å². The predicted octanol–water partition coefficient (Wildman–Crippen LogP) is 3.98. The molecule has 0 spiro atoms. The number of aromatic nitrogens is 1. The number of alkyl halides is 3. The maximum absolute atomic E-state index is 12.8. The van der Waals surface area contributed by atoms with Crippen molar-refractivity contribution in [2.75, 3.05) is 31.1 Å². The largest absolute Gasteiger partial charge is 0.459 e. The van der Waals surface area contributed by atoms with E-state index in [2.05, 4.69) is 10.3 Å². The molecular weight excluding hydrogens is 461 g/mol. The summed E-state index contributed by atoms with van der Waals surface area (Å²) in [5.41, 5.74) is -0.887. The van der Waals surface area contributed by atoms with Gasteiger partial charge in [-0.15, -0.1) is 0 Å². The van der Waals surface area contributed by atoms with E-state index in [0.29, 0.717) is 63.4 Å². The molecule has 2 aliphatic rings. The van der Waals surface area contributed by atoms with Gasteiger partial charge >= 0.3 is 6.18 Å². The molecule has 4 heterocycles. The number of hydrogen-bond acceptors (Lipinski definition) is 5. The highest BCUT2D eigenvalue weighted by Gasteiger charge is 2.33. The molecule has 0 aliphatic carbocycles. The molecule has 4 rings (SSSR count). The van der Waals surface area contributed by atoms with Crippen LogP contribution in [0.2, 0.25) is 5.02 Å². The summed E-state index contributed by atoms with van der Waals surface area (Å²) in [7, 11) is 0. The number of halogens is 4. The van der Waals surface area contributed by atoms with Gasteiger partial charge in [-0.3, -0.25) is 9.59 Å². The van der Waals surface area contributed by atoms with Gasteiger partial charge in [0.2, 0.25) is 5.91 Å². The molecule has 0 bridgehead atoms. The van der Waals surface area contributed by atoms with Gasteiger partial charge in [-0.1, -0.05) is 11.6 Å². The molecule has 2 aromatic rings. The maximum atomic E-state index is 12.8. The fraction of sp³-hybridized carbons (Fsp3) is 0.500. The van der Waals surface area contributed by atoms with Crippen molar-refractivity contribution in [1.82, 2.24) is 15.2 Å². The number of nitrogens with one attached hydrogen (secondary N) is 1. The van der Waals surface area contributed by atoms with Crippen LogP contribution in [-0.2, 0) is 11.0 Å². The van der Waals surface area contributed by atoms with E-state index in [4.69, 9.17) is 16.0 Å². The first kappa shape index (κ1) is 23.4. The standard InChI is InChI=1S/C22H24ClF3N4O3/c23-17-12-15(22(24,25)26)13-27-19(17)29-7-3-14(4-8-29)20(31)28-16-5-9-30(10-6-16)21(32)18-2-1-11-33-18/h1-2,11-14,16H,3-10H2,(H,28,31). The quantitative estimate of drug-likeness (QED) is 0.710. The molecule has 7 nitrogen and oxygen atoms in total. The average Bonchev–Trinajstić information content (AvgIpc) is 3.33. The third-order valence-corrected chi connectivity index (χ3v) is 6.45. The minimum absolute atomic E-state index is 0.00204. The van der Waals surface area contributed by atoms with Crippen molar-refractivity contribution in [3.8, 4) is 0 Å². The highest BCUT2D eigenvalue weighted by molar-refractivity contribution is 6.33. The third-order valence-electron chi connectivity index (χ3n) is 6.17. The molecule has 0 unspecified atom stereocenters. The summed E-state index contributed by atoms with van der Waals surface area (Å²) < 4.78 is 43.6. The van der Waals surface area contributed by atoms with Crippen LogP contribution in [0, 0.1) is 5.92 Å². The average molecular weight is 485 g/mol. The van der Waals surface area contributed by atoms with E-state index in [1.807, 2.05) is 4.90 Å². The number of hydrogen-bond donors (Lipinski definition) is 1. The van der Waals surface area contributed by atoms with Crippen LogP contribution in [0.5, 0.6) is 0 Å². The lowest BCUT2D eigenvalue weighted by atomic mass is 9.94. The van der Waals surface area contributed by atoms with Crippen LogP contribution in [0.15, 0.2) is 35.1 Å². The van der Waals surface area contributed by atoms with E-state index in [1.165, 1.54) is 6.26 Å². The Bertz CT molecular complexity index is 983. The second-order valence-electron chi connectivity index (χ2n) is 8.34. The van der Waals surface area contributed by atoms with E-state index in [1.54, 1.807) is 17.0 Å². The summed E-state index contributed by atoms with van der Waals surface area (Å²) in [6.07, 6.45) is 0.199. The molecule has 178 valence electrons. The van der Waals surface area contributed by atoms with Crippen molar-refractivity contribution >= 4 is 29.2 Å². The Hall–Kier alpha value is -2.75. The van der Waals surface area contributed by atoms with E-state index >= 15 is 0 Å². The number of nitrogens with zero attached hydrogens (tertiary/aromatic N) is 3. The van der Waals surface area contributed by atoms with Crippen LogP contribution in [0.25, 0.3) is 0 Å². The number of carbonyl (C=O) groups excluding carboxylic acids is 2. The molecule has 0 aromatic carbocycles. The predicted molar refractivity (Wildman–Crippen MR) is 115 cm³/mol. The van der Waals surface area contributed by atoms with Gasteiger partial charge in [-0.05, 0) is 43.9 Å². The molecule has 0 atom stereocenters. The number of pyridine rings is 1. The third kappa shape index (κ3) is 5.43. The molecule has 33 heavy (non-hydrogen) atoms. The molecule has 2 aromatic heterocycles. The zero-order valence-corrected chi connectivity index (χ0v) is 18.5. The highest BCUT2D eigenvalue weighted by atomic mass is 35.5. The Morgan fingerprint density at radius 1 is 1.12 bits per heavy atom. The monoisotopic (exact) mass is 484 g/mol. The molecule has 0 saturated carbocycles. The summed E-state index contributed by atoms with van der Waals surface area (Å²) in [6.45, 7) is 2.04. The van der Waals surface area contributed by atoms with E-state index in [0.717, 1.165) is 12.3 Å². The summed E-state index contributed by atoms with van der Waals surface area (Å²) in [5, 5.41) is 3.04. The number of carbonyl (C=O) groups is 2. The van der Waals surface area contributed by atoms with Crippen molar-refractivity contribution < 1.29 is 27.2 Å². The van der Waals surface area contributed by atoms with Crippen molar-refractivity contribution in [3.63, 3.8) is 0 Å². The Kier molecular flexibility index (Phi) is 6.83. The fourth-order valence-electron chi connectivity index (χ4n) is 4.27. The number of amides is 2. The molecule has 2 fully saturated rings. The molecule has 2 aliphatic heterocycles. The van der Waals surface area contributed by atoms with E-state index in [-0.39, 0.29) is 28.8 Å². The summed E-state index contributed by atoms with van der Waals surface area (Å²) >= 11 is 6.05. The topological polar surface area (TPSA) is 78.7 Å². The van der Waals surface area contributed by atoms with Gasteiger partial charge in [0.05, 0.1) is 16.8 Å². The van der Waals surface area contributed by atoms with E-state index < -0.39 is 11.7 Å². The number of piperidine rings is 2. The maximum Gasteiger partial charge on any atom is 0.417 e. The van der Waals surface area contributed by atoms with Crippen molar-refractivity contribution in [3.05, 3.63) is 47.0 Å². The molecule has 1 N–H and O–H groups in total. The van der Waals surface area contributed by atoms with Crippen molar-refractivity contribution in [1.29, 1.82) is 0 Å². The van der Waals surface area contributed by atoms with Gasteiger partial charge in [-0.2, -0.15) is 13.2 Å². The van der Waals surface area contributed by atoms with Crippen LogP contribution in [0.3, 0.4) is 0 Å². The van der Waals surface area contributed by atoms with Gasteiger partial charge in [0, 0.05) is 44.3 Å². The van der Waals surface area contributed by atoms with Crippen LogP contribution < -0.4 is 10.2 Å². The van der Waals surface area contributed by atoms with Gasteiger partial charge in [0.25, 0.3) is 5.91 Å². The Morgan fingerprint density at radius 2 is 1.82 bits per heavy atom. The number of rotatable bonds is 4. The van der Waals surface area contributed by atoms with Crippen molar-refractivity contribution in [2.24, 2.45) is 5.92 Å². The molecule has 11 heteroatoms. The second kappa shape index (κ2) is 9.62. The van der Waals surface area contributed by atoms with Crippen LogP contribution in [0.4, 0.5) is 19.0 Å². The Labute approximate surface area is 193 Å². The number of likely N-dealkylation sites (tertiary alicyclic amines) is 1. The first-order valence-corrected chi connectivity index (χ1v) is 11.2. The van der Waals surface area contributed by atoms with Crippen molar-refractivity contribution in [2.45, 2.75) is 37.9 Å². The normalized spacial score (nSPS) is 18.4. The van der Waals surface area contributed by atoms with Gasteiger partial charge in [-0.25, -0.2) is 4.98 Å². The smallest absolute Gasteiger partial charge is 0.417 e. The lowest BCUT2D eigenvalue weighted by Crippen LogP contribution is -2.49. The van der Waals surface area contributed by atoms with Gasteiger partial charge in [0.15, 0.2) is 5.76 Å². The SMILES string of the molecule is O=C(NC1CCN(C(=O)c2ccco2)CC1)C1CCN(c2ncc(C(F)(F)F)cc2Cl)CC1. The zero-order valence-electron chi connectivity index (χ0n) is 17.8. The lowest BCUT2D eigenvalue weighted by molar-refractivity contribution is -0.137. The summed E-state index contributed by atoms with van der Waals surface area (Å²) in [5.74, 6) is 0.255. The number of anilines is 1. The first-order chi connectivity index (χ1) is 15.7. The molecule has 0 radical (unpaired) electrons. The zero-order chi connectivity index (χ0) is 23.6. The second-order valence-corrected chi connectivity index (χ2v) is 8.75.